The fourth-order valence-electron chi connectivity index (χ4n) is 1.65. The van der Waals surface area contributed by atoms with Gasteiger partial charge in [0.05, 0.1) is 4.88 Å². The van der Waals surface area contributed by atoms with E-state index in [1.807, 2.05) is 17.5 Å². The predicted molar refractivity (Wildman–Crippen MR) is 75.6 cm³/mol. The molecule has 8 nitrogen and oxygen atoms in total. The molecule has 112 valence electrons. The molecule has 0 aromatic carbocycles. The van der Waals surface area contributed by atoms with Crippen LogP contribution in [0.1, 0.15) is 12.8 Å². The van der Waals surface area contributed by atoms with E-state index in [1.165, 1.54) is 21.0 Å². The number of likely N-dealkylation sites (N-methyl/N-ethyl adjacent to an activating group) is 1. The number of hydrogen-bond acceptors (Lipinski definition) is 6. The van der Waals surface area contributed by atoms with E-state index in [0.29, 0.717) is 18.8 Å². The second kappa shape index (κ2) is 6.93. The number of carbonyl (C=O) groups is 2. The Morgan fingerprint density at radius 3 is 2.95 bits per heavy atom. The van der Waals surface area contributed by atoms with Gasteiger partial charge in [-0.2, -0.15) is 4.80 Å². The first-order valence-electron chi connectivity index (χ1n) is 6.33. The third kappa shape index (κ3) is 4.35. The highest BCUT2D eigenvalue weighted by atomic mass is 32.1. The maximum Gasteiger partial charge on any atom is 0.303 e. The molecule has 1 N–H and O–H groups in total. The van der Waals surface area contributed by atoms with Crippen LogP contribution in [0, 0.1) is 0 Å². The number of carboxylic acids is 1. The number of thiophene rings is 1. The zero-order valence-corrected chi connectivity index (χ0v) is 12.3. The monoisotopic (exact) mass is 309 g/mol. The molecule has 2 aromatic heterocycles. The van der Waals surface area contributed by atoms with E-state index in [4.69, 9.17) is 5.11 Å². The lowest BCUT2D eigenvalue weighted by Gasteiger charge is -2.15. The molecule has 0 aliphatic heterocycles. The first kappa shape index (κ1) is 15.1. The van der Waals surface area contributed by atoms with Crippen molar-refractivity contribution in [3.63, 3.8) is 0 Å². The van der Waals surface area contributed by atoms with Crippen LogP contribution in [-0.4, -0.2) is 55.7 Å². The van der Waals surface area contributed by atoms with Gasteiger partial charge in [0.25, 0.3) is 0 Å². The molecule has 0 fully saturated rings. The molecule has 0 radical (unpaired) electrons. The van der Waals surface area contributed by atoms with Crippen molar-refractivity contribution >= 4 is 23.2 Å². The van der Waals surface area contributed by atoms with Crippen molar-refractivity contribution in [1.82, 2.24) is 25.1 Å². The average Bonchev–Trinajstić information content (AvgIpc) is 3.07. The Bertz CT molecular complexity index is 610. The van der Waals surface area contributed by atoms with Gasteiger partial charge in [0, 0.05) is 20.0 Å². The maximum absolute atomic E-state index is 11.9. The van der Waals surface area contributed by atoms with Crippen LogP contribution in [0.2, 0.25) is 0 Å². The van der Waals surface area contributed by atoms with E-state index in [2.05, 4.69) is 15.4 Å². The number of aliphatic carboxylic acids is 1. The van der Waals surface area contributed by atoms with Crippen molar-refractivity contribution < 1.29 is 14.7 Å². The fourth-order valence-corrected chi connectivity index (χ4v) is 2.30. The van der Waals surface area contributed by atoms with E-state index in [-0.39, 0.29) is 18.9 Å². The van der Waals surface area contributed by atoms with Crippen molar-refractivity contribution in [1.29, 1.82) is 0 Å². The summed E-state index contributed by atoms with van der Waals surface area (Å²) in [5, 5.41) is 22.4. The Morgan fingerprint density at radius 2 is 2.29 bits per heavy atom. The normalized spacial score (nSPS) is 10.5. The number of hydrogen-bond donors (Lipinski definition) is 1. The van der Waals surface area contributed by atoms with Crippen molar-refractivity contribution in [3.05, 3.63) is 17.5 Å². The van der Waals surface area contributed by atoms with Gasteiger partial charge >= 0.3 is 5.97 Å². The number of tetrazole rings is 1. The Labute approximate surface area is 125 Å². The van der Waals surface area contributed by atoms with Crippen LogP contribution in [-0.2, 0) is 16.1 Å². The third-order valence-electron chi connectivity index (χ3n) is 2.78. The third-order valence-corrected chi connectivity index (χ3v) is 3.65. The van der Waals surface area contributed by atoms with Gasteiger partial charge in [-0.1, -0.05) is 6.07 Å². The van der Waals surface area contributed by atoms with Crippen LogP contribution in [0.4, 0.5) is 0 Å². The Morgan fingerprint density at radius 1 is 1.48 bits per heavy atom. The highest BCUT2D eigenvalue weighted by molar-refractivity contribution is 7.13. The maximum atomic E-state index is 11.9. The Kier molecular flexibility index (Phi) is 4.99. The molecule has 21 heavy (non-hydrogen) atoms. The minimum absolute atomic E-state index is 0.0120. The molecule has 0 spiro atoms. The summed E-state index contributed by atoms with van der Waals surface area (Å²) in [6.45, 7) is 0.375. The molecule has 2 aromatic rings. The summed E-state index contributed by atoms with van der Waals surface area (Å²) >= 11 is 1.50. The Balaban J connectivity index is 1.86. The van der Waals surface area contributed by atoms with E-state index in [0.717, 1.165) is 4.88 Å². The number of aromatic nitrogens is 4. The van der Waals surface area contributed by atoms with Crippen LogP contribution in [0.3, 0.4) is 0 Å². The van der Waals surface area contributed by atoms with Gasteiger partial charge in [-0.05, 0) is 23.1 Å². The van der Waals surface area contributed by atoms with Crippen molar-refractivity contribution in [2.45, 2.75) is 19.4 Å². The summed E-state index contributed by atoms with van der Waals surface area (Å²) in [7, 11) is 1.63. The van der Waals surface area contributed by atoms with E-state index < -0.39 is 5.97 Å². The lowest BCUT2D eigenvalue weighted by Crippen LogP contribution is -2.32. The highest BCUT2D eigenvalue weighted by Gasteiger charge is 2.13. The van der Waals surface area contributed by atoms with Crippen LogP contribution in [0.25, 0.3) is 10.7 Å². The summed E-state index contributed by atoms with van der Waals surface area (Å²) in [5.41, 5.74) is 0. The van der Waals surface area contributed by atoms with Gasteiger partial charge in [-0.25, -0.2) is 0 Å². The molecule has 0 saturated carbocycles. The molecule has 0 aliphatic carbocycles. The van der Waals surface area contributed by atoms with Crippen LogP contribution in [0.5, 0.6) is 0 Å². The fraction of sp³-hybridized carbons (Fsp3) is 0.417. The first-order chi connectivity index (χ1) is 10.1. The zero-order chi connectivity index (χ0) is 15.2. The summed E-state index contributed by atoms with van der Waals surface area (Å²) < 4.78 is 0. The molecule has 2 heterocycles. The van der Waals surface area contributed by atoms with Crippen LogP contribution < -0.4 is 0 Å². The number of amides is 1. The molecule has 0 saturated heterocycles. The molecular weight excluding hydrogens is 294 g/mol. The first-order valence-corrected chi connectivity index (χ1v) is 7.21. The molecule has 1 amide bonds. The van der Waals surface area contributed by atoms with Crippen molar-refractivity contribution in [2.24, 2.45) is 0 Å². The second-order valence-corrected chi connectivity index (χ2v) is 5.38. The van der Waals surface area contributed by atoms with Crippen molar-refractivity contribution in [3.8, 4) is 10.7 Å². The minimum Gasteiger partial charge on any atom is -0.481 e. The number of carboxylic acid groups (broad SMARTS) is 1. The van der Waals surface area contributed by atoms with Gasteiger partial charge in [-0.3, -0.25) is 9.59 Å². The summed E-state index contributed by atoms with van der Waals surface area (Å²) in [5.74, 6) is -0.559. The topological polar surface area (TPSA) is 101 Å². The second-order valence-electron chi connectivity index (χ2n) is 4.43. The lowest BCUT2D eigenvalue weighted by molar-refractivity contribution is -0.138. The summed E-state index contributed by atoms with van der Waals surface area (Å²) in [4.78, 5) is 26.0. The molecular formula is C12H15N5O3S. The molecule has 0 bridgehead atoms. The Hall–Kier alpha value is -2.29. The molecule has 9 heteroatoms. The van der Waals surface area contributed by atoms with Crippen LogP contribution in [0.15, 0.2) is 17.5 Å². The van der Waals surface area contributed by atoms with E-state index in [9.17, 15) is 9.59 Å². The van der Waals surface area contributed by atoms with E-state index in [1.54, 1.807) is 7.05 Å². The number of carbonyl (C=O) groups excluding carboxylic acids is 1. The van der Waals surface area contributed by atoms with Gasteiger partial charge < -0.3 is 10.0 Å². The van der Waals surface area contributed by atoms with Gasteiger partial charge in [0.2, 0.25) is 11.7 Å². The standard InChI is InChI=1S/C12H15N5O3S/c1-16(6-2-5-11(19)20)10(18)8-17-14-12(13-15-17)9-4-3-7-21-9/h3-4,7H,2,5-6,8H2,1H3,(H,19,20). The number of rotatable bonds is 7. The lowest BCUT2D eigenvalue weighted by atomic mass is 10.3. The summed E-state index contributed by atoms with van der Waals surface area (Å²) in [6, 6.07) is 3.77. The SMILES string of the molecule is CN(CCCC(=O)O)C(=O)Cn1nnc(-c2cccs2)n1. The van der Waals surface area contributed by atoms with Crippen molar-refractivity contribution in [2.75, 3.05) is 13.6 Å². The zero-order valence-electron chi connectivity index (χ0n) is 11.5. The van der Waals surface area contributed by atoms with Gasteiger partial charge in [0.1, 0.15) is 6.54 Å². The van der Waals surface area contributed by atoms with Gasteiger partial charge in [0.15, 0.2) is 0 Å². The van der Waals surface area contributed by atoms with Gasteiger partial charge in [-0.15, -0.1) is 21.5 Å². The molecule has 0 aliphatic rings. The smallest absolute Gasteiger partial charge is 0.303 e. The van der Waals surface area contributed by atoms with E-state index >= 15 is 0 Å². The highest BCUT2D eigenvalue weighted by Crippen LogP contribution is 2.19. The largest absolute Gasteiger partial charge is 0.481 e. The van der Waals surface area contributed by atoms with Crippen LogP contribution >= 0.6 is 11.3 Å². The molecule has 0 atom stereocenters. The minimum atomic E-state index is -0.866. The summed E-state index contributed by atoms with van der Waals surface area (Å²) in [6.07, 6.45) is 0.463. The number of nitrogens with zero attached hydrogens (tertiary/aromatic N) is 5. The quantitative estimate of drug-likeness (QED) is 0.809. The molecule has 0 unspecified atom stereocenters. The average molecular weight is 309 g/mol. The predicted octanol–water partition coefficient (Wildman–Crippen LogP) is 0.725. The molecule has 2 rings (SSSR count).